The maximum absolute atomic E-state index is 14.4. The summed E-state index contributed by atoms with van der Waals surface area (Å²) in [5.41, 5.74) is 1.30. The first-order valence-corrected chi connectivity index (χ1v) is 15.1. The molecule has 4 aliphatic rings. The molecule has 0 aromatic heterocycles. The van der Waals surface area contributed by atoms with Gasteiger partial charge in [-0.1, -0.05) is 35.9 Å². The number of allylic oxidation sites excluding steroid dienone is 2. The lowest BCUT2D eigenvalue weighted by molar-refractivity contribution is -0.131. The summed E-state index contributed by atoms with van der Waals surface area (Å²) < 4.78 is 5.32. The van der Waals surface area contributed by atoms with Crippen LogP contribution in [0.15, 0.2) is 84.4 Å². The molecule has 4 amide bonds. The number of hydrogen-bond donors (Lipinski definition) is 1. The van der Waals surface area contributed by atoms with Crippen LogP contribution in [0, 0.1) is 29.1 Å². The monoisotopic (exact) mass is 604 g/mol. The molecule has 3 fully saturated rings. The number of ether oxygens (including phenoxy) is 1. The van der Waals surface area contributed by atoms with Gasteiger partial charge in [0.1, 0.15) is 11.5 Å². The molecule has 2 heterocycles. The number of phenols is 1. The first kappa shape index (κ1) is 28.7. The summed E-state index contributed by atoms with van der Waals surface area (Å²) in [6.07, 6.45) is 2.43. The standard InChI is InChI=1S/C36H32N2O7/c1-19(39)20-9-11-22(12-10-20)37-32(41)26-16-15-24-27(30(26)34(37)43)18-28-33(42)38(21-7-5-4-6-8-21)35(44)36(28,2)31(24)25-14-13-23(45-3)17-29(25)40/h4-15,17,26-28,30-31,40H,16,18H2,1-3H3. The van der Waals surface area contributed by atoms with Crippen molar-refractivity contribution < 1.29 is 33.8 Å². The van der Waals surface area contributed by atoms with Gasteiger partial charge in [-0.15, -0.1) is 0 Å². The van der Waals surface area contributed by atoms with Gasteiger partial charge < -0.3 is 9.84 Å². The zero-order valence-corrected chi connectivity index (χ0v) is 25.1. The fourth-order valence-electron chi connectivity index (χ4n) is 8.18. The van der Waals surface area contributed by atoms with E-state index in [1.54, 1.807) is 67.6 Å². The van der Waals surface area contributed by atoms with Gasteiger partial charge in [0.15, 0.2) is 5.78 Å². The second-order valence-corrected chi connectivity index (χ2v) is 12.5. The maximum atomic E-state index is 14.4. The summed E-state index contributed by atoms with van der Waals surface area (Å²) in [7, 11) is 1.49. The third kappa shape index (κ3) is 4.02. The summed E-state index contributed by atoms with van der Waals surface area (Å²) in [4.78, 5) is 70.9. The Labute approximate surface area is 260 Å². The third-order valence-corrected chi connectivity index (χ3v) is 10.4. The first-order valence-electron chi connectivity index (χ1n) is 15.1. The fourth-order valence-corrected chi connectivity index (χ4v) is 8.18. The Morgan fingerprint density at radius 3 is 2.20 bits per heavy atom. The Balaban J connectivity index is 1.35. The second kappa shape index (κ2) is 10.3. The Morgan fingerprint density at radius 1 is 0.867 bits per heavy atom. The van der Waals surface area contributed by atoms with E-state index in [0.29, 0.717) is 28.3 Å². The minimum absolute atomic E-state index is 0.0811. The van der Waals surface area contributed by atoms with Gasteiger partial charge in [-0.25, -0.2) is 4.90 Å². The smallest absolute Gasteiger partial charge is 0.241 e. The molecule has 2 saturated heterocycles. The van der Waals surface area contributed by atoms with Crippen molar-refractivity contribution >= 4 is 40.8 Å². The fraction of sp³-hybridized carbons (Fsp3) is 0.306. The van der Waals surface area contributed by atoms with Crippen LogP contribution in [0.25, 0.3) is 0 Å². The molecule has 9 heteroatoms. The lowest BCUT2D eigenvalue weighted by Crippen LogP contribution is -2.48. The van der Waals surface area contributed by atoms with Crippen molar-refractivity contribution in [1.29, 1.82) is 0 Å². The number of hydrogen-bond acceptors (Lipinski definition) is 7. The topological polar surface area (TPSA) is 121 Å². The summed E-state index contributed by atoms with van der Waals surface area (Å²) >= 11 is 0. The van der Waals surface area contributed by atoms with Crippen LogP contribution >= 0.6 is 0 Å². The minimum Gasteiger partial charge on any atom is -0.508 e. The van der Waals surface area contributed by atoms with Gasteiger partial charge in [-0.2, -0.15) is 0 Å². The Morgan fingerprint density at radius 2 is 1.56 bits per heavy atom. The molecule has 9 nitrogen and oxygen atoms in total. The molecule has 7 rings (SSSR count). The average molecular weight is 605 g/mol. The zero-order chi connectivity index (χ0) is 31.8. The van der Waals surface area contributed by atoms with Gasteiger partial charge in [0.2, 0.25) is 23.6 Å². The highest BCUT2D eigenvalue weighted by molar-refractivity contribution is 6.25. The van der Waals surface area contributed by atoms with Gasteiger partial charge >= 0.3 is 0 Å². The number of ketones is 1. The molecule has 2 aliphatic carbocycles. The van der Waals surface area contributed by atoms with E-state index < -0.39 is 35.0 Å². The van der Waals surface area contributed by atoms with E-state index in [1.807, 2.05) is 12.1 Å². The molecule has 3 aromatic carbocycles. The molecular weight excluding hydrogens is 572 g/mol. The number of nitrogens with zero attached hydrogens (tertiary/aromatic N) is 2. The molecule has 45 heavy (non-hydrogen) atoms. The number of carbonyl (C=O) groups excluding carboxylic acids is 5. The first-order chi connectivity index (χ1) is 21.6. The van der Waals surface area contributed by atoms with E-state index in [4.69, 9.17) is 4.74 Å². The molecule has 1 N–H and O–H groups in total. The van der Waals surface area contributed by atoms with Gasteiger partial charge in [0.25, 0.3) is 0 Å². The summed E-state index contributed by atoms with van der Waals surface area (Å²) in [5, 5.41) is 11.3. The largest absolute Gasteiger partial charge is 0.508 e. The van der Waals surface area contributed by atoms with Crippen LogP contribution in [0.1, 0.15) is 48.5 Å². The lowest BCUT2D eigenvalue weighted by atomic mass is 9.51. The summed E-state index contributed by atoms with van der Waals surface area (Å²) in [6, 6.07) is 20.1. The number of methoxy groups -OCH3 is 1. The van der Waals surface area contributed by atoms with Gasteiger partial charge in [0.05, 0.1) is 41.7 Å². The third-order valence-electron chi connectivity index (χ3n) is 10.4. The predicted molar refractivity (Wildman–Crippen MR) is 165 cm³/mol. The van der Waals surface area contributed by atoms with Crippen LogP contribution in [0.5, 0.6) is 11.5 Å². The van der Waals surface area contributed by atoms with Crippen LogP contribution < -0.4 is 14.5 Å². The van der Waals surface area contributed by atoms with E-state index in [0.717, 1.165) is 5.57 Å². The van der Waals surface area contributed by atoms with E-state index in [2.05, 4.69) is 0 Å². The van der Waals surface area contributed by atoms with Gasteiger partial charge in [-0.3, -0.25) is 28.9 Å². The molecule has 3 aromatic rings. The highest BCUT2D eigenvalue weighted by Crippen LogP contribution is 2.64. The highest BCUT2D eigenvalue weighted by Gasteiger charge is 2.68. The van der Waals surface area contributed by atoms with E-state index >= 15 is 0 Å². The second-order valence-electron chi connectivity index (χ2n) is 12.5. The van der Waals surface area contributed by atoms with Crippen molar-refractivity contribution in [2.24, 2.45) is 29.1 Å². The molecular formula is C36H32N2O7. The van der Waals surface area contributed by atoms with Gasteiger partial charge in [-0.05, 0) is 75.1 Å². The van der Waals surface area contributed by atoms with Crippen molar-refractivity contribution in [2.45, 2.75) is 32.6 Å². The van der Waals surface area contributed by atoms with Crippen molar-refractivity contribution in [3.05, 3.63) is 95.6 Å². The molecule has 1 saturated carbocycles. The van der Waals surface area contributed by atoms with Crippen LogP contribution in [-0.2, 0) is 19.2 Å². The highest BCUT2D eigenvalue weighted by atomic mass is 16.5. The van der Waals surface area contributed by atoms with Crippen LogP contribution in [0.4, 0.5) is 11.4 Å². The number of phenolic OH excluding ortho intramolecular Hbond substituents is 1. The Bertz CT molecular complexity index is 1810. The van der Waals surface area contributed by atoms with E-state index in [1.165, 1.54) is 29.9 Å². The number of benzene rings is 3. The Kier molecular flexibility index (Phi) is 6.54. The number of fused-ring (bicyclic) bond motifs is 4. The maximum Gasteiger partial charge on any atom is 0.241 e. The van der Waals surface area contributed by atoms with Crippen molar-refractivity contribution in [1.82, 2.24) is 0 Å². The molecule has 0 spiro atoms. The molecule has 0 radical (unpaired) electrons. The van der Waals surface area contributed by atoms with Crippen LogP contribution in [0.2, 0.25) is 0 Å². The average Bonchev–Trinajstić information content (AvgIpc) is 3.41. The SMILES string of the molecule is COc1ccc(C2C3=CCC4C(=O)N(c5ccc(C(C)=O)cc5)C(=O)C4C3CC3C(=O)N(c4ccccc4)C(=O)C32C)c(O)c1. The van der Waals surface area contributed by atoms with Gasteiger partial charge in [0, 0.05) is 23.1 Å². The van der Waals surface area contributed by atoms with Crippen molar-refractivity contribution in [3.8, 4) is 11.5 Å². The quantitative estimate of drug-likeness (QED) is 0.246. The molecule has 6 atom stereocenters. The molecule has 0 bridgehead atoms. The molecule has 2 aliphatic heterocycles. The molecule has 228 valence electrons. The number of para-hydroxylation sites is 1. The molecule has 6 unspecified atom stereocenters. The van der Waals surface area contributed by atoms with E-state index in [9.17, 15) is 29.1 Å². The Hall–Kier alpha value is -5.05. The summed E-state index contributed by atoms with van der Waals surface area (Å²) in [6.45, 7) is 3.23. The normalized spacial score (nSPS) is 28.9. The number of imide groups is 2. The van der Waals surface area contributed by atoms with Crippen molar-refractivity contribution in [2.75, 3.05) is 16.9 Å². The van der Waals surface area contributed by atoms with Crippen LogP contribution in [0.3, 0.4) is 0 Å². The van der Waals surface area contributed by atoms with E-state index in [-0.39, 0.29) is 48.0 Å². The number of amides is 4. The number of rotatable bonds is 5. The van der Waals surface area contributed by atoms with Crippen LogP contribution in [-0.4, -0.2) is 41.6 Å². The summed E-state index contributed by atoms with van der Waals surface area (Å²) in [5.74, 6) is -4.62. The predicted octanol–water partition coefficient (Wildman–Crippen LogP) is 5.04. The lowest BCUT2D eigenvalue weighted by Gasteiger charge is -2.49. The number of anilines is 2. The number of aromatic hydroxyl groups is 1. The number of Topliss-reactive ketones (excluding diaryl/α,β-unsaturated/α-hetero) is 1. The van der Waals surface area contributed by atoms with Crippen molar-refractivity contribution in [3.63, 3.8) is 0 Å². The number of carbonyl (C=O) groups is 5. The minimum atomic E-state index is -1.26. The zero-order valence-electron chi connectivity index (χ0n) is 25.1.